The molecule has 2 rings (SSSR count). The molecule has 0 aliphatic heterocycles. The second kappa shape index (κ2) is 6.42. The fourth-order valence-corrected chi connectivity index (χ4v) is 2.49. The van der Waals surface area contributed by atoms with E-state index in [1.54, 1.807) is 23.1 Å². The van der Waals surface area contributed by atoms with Crippen LogP contribution in [-0.4, -0.2) is 38.6 Å². The second-order valence-corrected chi connectivity index (χ2v) is 5.05. The zero-order valence-electron chi connectivity index (χ0n) is 11.3. The molecule has 0 spiro atoms. The van der Waals surface area contributed by atoms with Crippen molar-refractivity contribution < 1.29 is 9.90 Å². The number of benzene rings is 1. The van der Waals surface area contributed by atoms with Gasteiger partial charge in [-0.3, -0.25) is 4.68 Å². The molecule has 106 valence electrons. The van der Waals surface area contributed by atoms with Gasteiger partial charge < -0.3 is 10.4 Å². The van der Waals surface area contributed by atoms with Gasteiger partial charge in [-0.25, -0.2) is 9.78 Å². The molecule has 1 heterocycles. The number of aryl methyl sites for hydroxylation is 1. The molecule has 7 heteroatoms. The molecule has 20 heavy (non-hydrogen) atoms. The molecule has 0 atom stereocenters. The van der Waals surface area contributed by atoms with Crippen molar-refractivity contribution in [2.24, 2.45) is 7.05 Å². The molecule has 2 aromatic rings. The van der Waals surface area contributed by atoms with Crippen molar-refractivity contribution in [3.8, 4) is 0 Å². The monoisotopic (exact) mass is 292 g/mol. The maximum atomic E-state index is 11.4. The van der Waals surface area contributed by atoms with Gasteiger partial charge in [0.05, 0.1) is 5.56 Å². The number of carboxylic acids is 1. The Morgan fingerprint density at radius 3 is 2.90 bits per heavy atom. The number of hydrogen-bond donors (Lipinski definition) is 2. The van der Waals surface area contributed by atoms with E-state index in [0.29, 0.717) is 24.2 Å². The lowest BCUT2D eigenvalue weighted by molar-refractivity contribution is 0.0694. The number of aromatic nitrogens is 3. The van der Waals surface area contributed by atoms with Crippen LogP contribution in [0.5, 0.6) is 0 Å². The summed E-state index contributed by atoms with van der Waals surface area (Å²) in [6.45, 7) is 0.585. The lowest BCUT2D eigenvalue weighted by Gasteiger charge is -2.11. The van der Waals surface area contributed by atoms with Gasteiger partial charge in [0.15, 0.2) is 5.82 Å². The zero-order valence-corrected chi connectivity index (χ0v) is 12.1. The predicted molar refractivity (Wildman–Crippen MR) is 78.4 cm³/mol. The molecule has 0 radical (unpaired) electrons. The van der Waals surface area contributed by atoms with Gasteiger partial charge in [-0.15, -0.1) is 11.8 Å². The van der Waals surface area contributed by atoms with Crippen molar-refractivity contribution >= 4 is 23.4 Å². The number of thioether (sulfide) groups is 1. The number of aromatic carboxylic acids is 1. The third-order valence-corrected chi connectivity index (χ3v) is 3.55. The summed E-state index contributed by atoms with van der Waals surface area (Å²) >= 11 is 1.42. The highest BCUT2D eigenvalue weighted by Crippen LogP contribution is 2.27. The van der Waals surface area contributed by atoms with Crippen LogP contribution in [0.15, 0.2) is 29.4 Å². The van der Waals surface area contributed by atoms with E-state index in [0.717, 1.165) is 10.7 Å². The summed E-state index contributed by atoms with van der Waals surface area (Å²) in [5, 5.41) is 16.6. The molecule has 0 unspecified atom stereocenters. The fourth-order valence-electron chi connectivity index (χ4n) is 1.88. The van der Waals surface area contributed by atoms with Gasteiger partial charge in [0.2, 0.25) is 0 Å². The van der Waals surface area contributed by atoms with Crippen LogP contribution in [0.2, 0.25) is 0 Å². The first-order valence-electron chi connectivity index (χ1n) is 6.10. The van der Waals surface area contributed by atoms with E-state index in [-0.39, 0.29) is 0 Å². The van der Waals surface area contributed by atoms with Crippen molar-refractivity contribution in [2.45, 2.75) is 11.3 Å². The number of carboxylic acid groups (broad SMARTS) is 1. The average molecular weight is 292 g/mol. The lowest BCUT2D eigenvalue weighted by Crippen LogP contribution is -2.11. The summed E-state index contributed by atoms with van der Waals surface area (Å²) in [7, 11) is 1.81. The summed E-state index contributed by atoms with van der Waals surface area (Å²) in [6, 6.07) is 5.42. The standard InChI is InChI=1S/C13H16N4O2S/c1-17-8-15-11(16-17)6-7-14-9-4-3-5-10(20-2)12(9)13(18)19/h3-5,8,14H,6-7H2,1-2H3,(H,18,19). The van der Waals surface area contributed by atoms with Gasteiger partial charge in [-0.1, -0.05) is 6.07 Å². The molecular weight excluding hydrogens is 276 g/mol. The van der Waals surface area contributed by atoms with Gasteiger partial charge in [0.1, 0.15) is 6.33 Å². The Bertz CT molecular complexity index is 612. The quantitative estimate of drug-likeness (QED) is 0.791. The number of rotatable bonds is 6. The smallest absolute Gasteiger partial charge is 0.338 e. The maximum Gasteiger partial charge on any atom is 0.338 e. The Morgan fingerprint density at radius 2 is 2.30 bits per heavy atom. The van der Waals surface area contributed by atoms with E-state index in [2.05, 4.69) is 15.4 Å². The second-order valence-electron chi connectivity index (χ2n) is 4.20. The van der Waals surface area contributed by atoms with E-state index >= 15 is 0 Å². The Morgan fingerprint density at radius 1 is 1.50 bits per heavy atom. The Labute approximate surface area is 121 Å². The van der Waals surface area contributed by atoms with Crippen molar-refractivity contribution in [2.75, 3.05) is 18.1 Å². The summed E-state index contributed by atoms with van der Waals surface area (Å²) in [5.74, 6) is -0.189. The summed E-state index contributed by atoms with van der Waals surface area (Å²) in [4.78, 5) is 16.2. The molecule has 0 amide bonds. The topological polar surface area (TPSA) is 80.0 Å². The van der Waals surface area contributed by atoms with E-state index in [4.69, 9.17) is 0 Å². The Kier molecular flexibility index (Phi) is 4.62. The largest absolute Gasteiger partial charge is 0.478 e. The highest BCUT2D eigenvalue weighted by Gasteiger charge is 2.14. The third-order valence-electron chi connectivity index (χ3n) is 2.77. The molecular formula is C13H16N4O2S. The van der Waals surface area contributed by atoms with Crippen LogP contribution in [0.4, 0.5) is 5.69 Å². The van der Waals surface area contributed by atoms with Gasteiger partial charge in [0, 0.05) is 30.6 Å². The molecule has 1 aromatic carbocycles. The van der Waals surface area contributed by atoms with Crippen molar-refractivity contribution in [3.05, 3.63) is 35.9 Å². The molecule has 0 fully saturated rings. The number of nitrogens with zero attached hydrogens (tertiary/aromatic N) is 3. The SMILES string of the molecule is CSc1cccc(NCCc2ncn(C)n2)c1C(=O)O. The fraction of sp³-hybridized carbons (Fsp3) is 0.308. The van der Waals surface area contributed by atoms with Crippen molar-refractivity contribution in [1.29, 1.82) is 0 Å². The van der Waals surface area contributed by atoms with Crippen molar-refractivity contribution in [1.82, 2.24) is 14.8 Å². The molecule has 1 aromatic heterocycles. The van der Waals surface area contributed by atoms with Crippen LogP contribution in [0.3, 0.4) is 0 Å². The molecule has 0 aliphatic carbocycles. The first-order chi connectivity index (χ1) is 9.61. The van der Waals surface area contributed by atoms with E-state index in [1.165, 1.54) is 11.8 Å². The summed E-state index contributed by atoms with van der Waals surface area (Å²) in [5.41, 5.74) is 0.939. The number of hydrogen-bond acceptors (Lipinski definition) is 5. The molecule has 0 saturated carbocycles. The molecule has 0 saturated heterocycles. The van der Waals surface area contributed by atoms with E-state index in [9.17, 15) is 9.90 Å². The van der Waals surface area contributed by atoms with Crippen molar-refractivity contribution in [3.63, 3.8) is 0 Å². The van der Waals surface area contributed by atoms with Gasteiger partial charge in [-0.05, 0) is 18.4 Å². The van der Waals surface area contributed by atoms with Gasteiger partial charge in [0.25, 0.3) is 0 Å². The van der Waals surface area contributed by atoms with Gasteiger partial charge >= 0.3 is 5.97 Å². The first kappa shape index (κ1) is 14.4. The highest BCUT2D eigenvalue weighted by molar-refractivity contribution is 7.98. The van der Waals surface area contributed by atoms with Crippen LogP contribution >= 0.6 is 11.8 Å². The van der Waals surface area contributed by atoms with E-state index in [1.807, 2.05) is 19.4 Å². The third kappa shape index (κ3) is 3.30. The minimum Gasteiger partial charge on any atom is -0.478 e. The zero-order chi connectivity index (χ0) is 14.5. The normalized spacial score (nSPS) is 10.5. The van der Waals surface area contributed by atoms with Crippen LogP contribution < -0.4 is 5.32 Å². The maximum absolute atomic E-state index is 11.4. The van der Waals surface area contributed by atoms with Crippen LogP contribution in [-0.2, 0) is 13.5 Å². The molecule has 6 nitrogen and oxygen atoms in total. The number of nitrogens with one attached hydrogen (secondary N) is 1. The lowest BCUT2D eigenvalue weighted by atomic mass is 10.1. The number of carbonyl (C=O) groups is 1. The Balaban J connectivity index is 2.07. The predicted octanol–water partition coefficient (Wildman–Crippen LogP) is 1.89. The van der Waals surface area contributed by atoms with E-state index < -0.39 is 5.97 Å². The molecule has 0 aliphatic rings. The molecule has 2 N–H and O–H groups in total. The molecule has 0 bridgehead atoms. The van der Waals surface area contributed by atoms with Crippen LogP contribution in [0, 0.1) is 0 Å². The Hall–Kier alpha value is -2.02. The minimum absolute atomic E-state index is 0.314. The number of anilines is 1. The first-order valence-corrected chi connectivity index (χ1v) is 7.33. The van der Waals surface area contributed by atoms with Crippen LogP contribution in [0.1, 0.15) is 16.2 Å². The summed E-state index contributed by atoms with van der Waals surface area (Å²) < 4.78 is 1.65. The minimum atomic E-state index is -0.923. The van der Waals surface area contributed by atoms with Gasteiger partial charge in [-0.2, -0.15) is 5.10 Å². The average Bonchev–Trinajstić information content (AvgIpc) is 2.83. The summed E-state index contributed by atoms with van der Waals surface area (Å²) in [6.07, 6.45) is 4.15. The highest BCUT2D eigenvalue weighted by atomic mass is 32.2. The van der Waals surface area contributed by atoms with Crippen LogP contribution in [0.25, 0.3) is 0 Å².